The van der Waals surface area contributed by atoms with E-state index in [1.807, 2.05) is 26.0 Å². The molecule has 0 bridgehead atoms. The molecular weight excluding hydrogens is 394 g/mol. The molecule has 4 rings (SSSR count). The summed E-state index contributed by atoms with van der Waals surface area (Å²) < 4.78 is 6.12. The number of halogens is 1. The van der Waals surface area contributed by atoms with Crippen LogP contribution in [0, 0.1) is 0 Å². The summed E-state index contributed by atoms with van der Waals surface area (Å²) in [6.45, 7) is 6.71. The third-order valence-electron chi connectivity index (χ3n) is 6.35. The highest BCUT2D eigenvalue weighted by atomic mass is 35.5. The summed E-state index contributed by atoms with van der Waals surface area (Å²) in [5.41, 5.74) is 0.560. The molecular formula is C20H30ClN5O3. The van der Waals surface area contributed by atoms with Crippen LogP contribution in [0.5, 0.6) is 0 Å². The largest absolute Gasteiger partial charge is 0.388 e. The maximum Gasteiger partial charge on any atom is 0.220 e. The van der Waals surface area contributed by atoms with Gasteiger partial charge in [0.2, 0.25) is 5.91 Å². The van der Waals surface area contributed by atoms with Crippen LogP contribution in [0.2, 0.25) is 0 Å². The zero-order chi connectivity index (χ0) is 19.8. The number of aromatic nitrogens is 3. The normalized spacial score (nSPS) is 26.9. The molecule has 3 N–H and O–H groups in total. The van der Waals surface area contributed by atoms with Gasteiger partial charge in [0.15, 0.2) is 5.65 Å². The molecule has 0 aromatic carbocycles. The SMILES string of the molecule is CCC(=O)N[C@@]1(C)CCOC2(CCN(Cc3[nH]nc4ncccc34)CC2)[C@@H]1O.Cl. The maximum atomic E-state index is 12.0. The number of amides is 1. The highest BCUT2D eigenvalue weighted by molar-refractivity contribution is 5.85. The third kappa shape index (κ3) is 4.12. The number of hydrogen-bond acceptors (Lipinski definition) is 6. The summed E-state index contributed by atoms with van der Waals surface area (Å²) >= 11 is 0. The summed E-state index contributed by atoms with van der Waals surface area (Å²) in [7, 11) is 0. The molecule has 2 saturated heterocycles. The van der Waals surface area contributed by atoms with E-state index in [-0.39, 0.29) is 18.3 Å². The van der Waals surface area contributed by atoms with E-state index in [0.29, 0.717) is 19.4 Å². The minimum absolute atomic E-state index is 0. The smallest absolute Gasteiger partial charge is 0.220 e. The van der Waals surface area contributed by atoms with Gasteiger partial charge in [-0.3, -0.25) is 14.8 Å². The molecule has 160 valence electrons. The lowest BCUT2D eigenvalue weighted by Crippen LogP contribution is -2.69. The first-order chi connectivity index (χ1) is 13.5. The van der Waals surface area contributed by atoms with Crippen LogP contribution in [0.15, 0.2) is 18.3 Å². The van der Waals surface area contributed by atoms with E-state index in [0.717, 1.165) is 49.2 Å². The van der Waals surface area contributed by atoms with E-state index in [2.05, 4.69) is 25.4 Å². The number of nitrogens with zero attached hydrogens (tertiary/aromatic N) is 3. The standard InChI is InChI=1S/C20H29N5O3.ClH/c1-3-16(26)22-19(2)8-12-28-20(18(19)27)6-10-25(11-7-20)13-15-14-5-4-9-21-17(14)24-23-15;/h4-5,9,18,27H,3,6-8,10-13H2,1-2H3,(H,22,26)(H,21,23,24);1H/t18-,19+;/m1./s1. The van der Waals surface area contributed by atoms with E-state index in [9.17, 15) is 9.90 Å². The van der Waals surface area contributed by atoms with Crippen molar-refractivity contribution in [2.24, 2.45) is 0 Å². The molecule has 2 aliphatic rings. The van der Waals surface area contributed by atoms with Crippen LogP contribution in [0.4, 0.5) is 0 Å². The first-order valence-electron chi connectivity index (χ1n) is 10.1. The molecule has 2 atom stereocenters. The van der Waals surface area contributed by atoms with Crippen LogP contribution in [0.1, 0.15) is 45.2 Å². The Kier molecular flexibility index (Phi) is 6.48. The highest BCUT2D eigenvalue weighted by Gasteiger charge is 2.53. The predicted octanol–water partition coefficient (Wildman–Crippen LogP) is 1.78. The topological polar surface area (TPSA) is 103 Å². The van der Waals surface area contributed by atoms with Crippen LogP contribution in [-0.4, -0.2) is 68.0 Å². The number of H-pyrrole nitrogens is 1. The number of pyridine rings is 1. The quantitative estimate of drug-likeness (QED) is 0.692. The van der Waals surface area contributed by atoms with E-state index in [1.54, 1.807) is 6.20 Å². The Morgan fingerprint density at radius 1 is 1.41 bits per heavy atom. The zero-order valence-corrected chi connectivity index (χ0v) is 17.8. The lowest BCUT2D eigenvalue weighted by molar-refractivity contribution is -0.208. The highest BCUT2D eigenvalue weighted by Crippen LogP contribution is 2.40. The Morgan fingerprint density at radius 2 is 2.17 bits per heavy atom. The van der Waals surface area contributed by atoms with Crippen molar-refractivity contribution in [2.75, 3.05) is 19.7 Å². The van der Waals surface area contributed by atoms with Gasteiger partial charge in [0, 0.05) is 44.2 Å². The predicted molar refractivity (Wildman–Crippen MR) is 112 cm³/mol. The molecule has 2 fully saturated rings. The van der Waals surface area contributed by atoms with Crippen LogP contribution in [-0.2, 0) is 16.1 Å². The molecule has 0 radical (unpaired) electrons. The number of nitrogens with one attached hydrogen (secondary N) is 2. The minimum atomic E-state index is -0.719. The number of ether oxygens (including phenoxy) is 1. The number of aliphatic hydroxyl groups is 1. The third-order valence-corrected chi connectivity index (χ3v) is 6.35. The summed E-state index contributed by atoms with van der Waals surface area (Å²) in [4.78, 5) is 18.6. The first kappa shape index (κ1) is 22.0. The lowest BCUT2D eigenvalue weighted by Gasteiger charge is -2.53. The van der Waals surface area contributed by atoms with Gasteiger partial charge < -0.3 is 15.2 Å². The number of rotatable bonds is 4. The van der Waals surface area contributed by atoms with Crippen molar-refractivity contribution in [1.29, 1.82) is 0 Å². The number of piperidine rings is 1. The van der Waals surface area contributed by atoms with Gasteiger partial charge in [-0.2, -0.15) is 5.10 Å². The zero-order valence-electron chi connectivity index (χ0n) is 17.0. The van der Waals surface area contributed by atoms with Gasteiger partial charge in [-0.1, -0.05) is 6.92 Å². The Hall–Kier alpha value is -1.74. The number of carbonyl (C=O) groups is 1. The fourth-order valence-electron chi connectivity index (χ4n) is 4.55. The molecule has 29 heavy (non-hydrogen) atoms. The Balaban J connectivity index is 0.00000240. The molecule has 1 amide bonds. The first-order valence-corrected chi connectivity index (χ1v) is 10.1. The van der Waals surface area contributed by atoms with Crippen LogP contribution >= 0.6 is 12.4 Å². The Labute approximate surface area is 176 Å². The maximum absolute atomic E-state index is 12.0. The molecule has 2 aliphatic heterocycles. The number of likely N-dealkylation sites (tertiary alicyclic amines) is 1. The Bertz CT molecular complexity index is 852. The van der Waals surface area contributed by atoms with Gasteiger partial charge >= 0.3 is 0 Å². The number of hydrogen-bond donors (Lipinski definition) is 3. The van der Waals surface area contributed by atoms with E-state index >= 15 is 0 Å². The minimum Gasteiger partial charge on any atom is -0.388 e. The van der Waals surface area contributed by atoms with Gasteiger partial charge in [-0.15, -0.1) is 12.4 Å². The van der Waals surface area contributed by atoms with Crippen molar-refractivity contribution in [2.45, 2.75) is 63.3 Å². The summed E-state index contributed by atoms with van der Waals surface area (Å²) in [6.07, 6.45) is 3.53. The molecule has 2 aromatic rings. The molecule has 4 heterocycles. The Morgan fingerprint density at radius 3 is 2.90 bits per heavy atom. The summed E-state index contributed by atoms with van der Waals surface area (Å²) in [5, 5.41) is 22.6. The molecule has 1 spiro atoms. The van der Waals surface area contributed by atoms with Crippen molar-refractivity contribution < 1.29 is 14.6 Å². The second-order valence-corrected chi connectivity index (χ2v) is 8.24. The monoisotopic (exact) mass is 423 g/mol. The number of fused-ring (bicyclic) bond motifs is 1. The number of aliphatic hydroxyl groups excluding tert-OH is 1. The molecule has 2 aromatic heterocycles. The fourth-order valence-corrected chi connectivity index (χ4v) is 4.55. The second-order valence-electron chi connectivity index (χ2n) is 8.24. The van der Waals surface area contributed by atoms with Crippen molar-refractivity contribution in [3.63, 3.8) is 0 Å². The van der Waals surface area contributed by atoms with E-state index < -0.39 is 17.2 Å². The number of aromatic amines is 1. The lowest BCUT2D eigenvalue weighted by atomic mass is 9.73. The fraction of sp³-hybridized carbons (Fsp3) is 0.650. The average Bonchev–Trinajstić information content (AvgIpc) is 3.11. The van der Waals surface area contributed by atoms with Crippen LogP contribution in [0.3, 0.4) is 0 Å². The van der Waals surface area contributed by atoms with Crippen molar-refractivity contribution >= 4 is 29.3 Å². The number of carbonyl (C=O) groups excluding carboxylic acids is 1. The van der Waals surface area contributed by atoms with E-state index in [4.69, 9.17) is 4.74 Å². The summed E-state index contributed by atoms with van der Waals surface area (Å²) in [5.74, 6) is -0.0317. The van der Waals surface area contributed by atoms with Gasteiger partial charge in [-0.25, -0.2) is 4.98 Å². The molecule has 0 unspecified atom stereocenters. The van der Waals surface area contributed by atoms with Gasteiger partial charge in [0.25, 0.3) is 0 Å². The van der Waals surface area contributed by atoms with Gasteiger partial charge in [0.1, 0.15) is 6.10 Å². The van der Waals surface area contributed by atoms with Gasteiger partial charge in [0.05, 0.1) is 16.8 Å². The molecule has 0 aliphatic carbocycles. The second kappa shape index (κ2) is 8.55. The molecule has 0 saturated carbocycles. The molecule has 9 heteroatoms. The average molecular weight is 424 g/mol. The van der Waals surface area contributed by atoms with Gasteiger partial charge in [-0.05, 0) is 38.3 Å². The van der Waals surface area contributed by atoms with Crippen molar-refractivity contribution in [1.82, 2.24) is 25.4 Å². The van der Waals surface area contributed by atoms with E-state index in [1.165, 1.54) is 0 Å². The van der Waals surface area contributed by atoms with Crippen molar-refractivity contribution in [3.8, 4) is 0 Å². The van der Waals surface area contributed by atoms with Crippen LogP contribution < -0.4 is 5.32 Å². The van der Waals surface area contributed by atoms with Crippen molar-refractivity contribution in [3.05, 3.63) is 24.0 Å². The molecule has 8 nitrogen and oxygen atoms in total. The van der Waals surface area contributed by atoms with Crippen LogP contribution in [0.25, 0.3) is 11.0 Å². The summed E-state index contributed by atoms with van der Waals surface area (Å²) in [6, 6.07) is 3.95.